The first-order valence-electron chi connectivity index (χ1n) is 6.61. The van der Waals surface area contributed by atoms with Crippen LogP contribution in [-0.2, 0) is 0 Å². The molecule has 3 rings (SSSR count). The van der Waals surface area contributed by atoms with Gasteiger partial charge >= 0.3 is 6.03 Å². The summed E-state index contributed by atoms with van der Waals surface area (Å²) in [5.41, 5.74) is 1.89. The second-order valence-corrected chi connectivity index (χ2v) is 5.17. The SMILES string of the molecule is Cc1cc(C2CN(C(=O)NC(C)c3cn[nH]c3)C2)no1. The third-order valence-electron chi connectivity index (χ3n) is 3.59. The predicted octanol–water partition coefficient (Wildman–Crippen LogP) is 1.58. The van der Waals surface area contributed by atoms with Crippen molar-refractivity contribution in [3.05, 3.63) is 35.5 Å². The van der Waals surface area contributed by atoms with Crippen molar-refractivity contribution in [1.29, 1.82) is 0 Å². The van der Waals surface area contributed by atoms with E-state index in [1.165, 1.54) is 0 Å². The Bertz CT molecular complexity index is 586. The molecular formula is C13H17N5O2. The summed E-state index contributed by atoms with van der Waals surface area (Å²) < 4.78 is 5.05. The molecule has 7 nitrogen and oxygen atoms in total. The maximum Gasteiger partial charge on any atom is 0.317 e. The molecule has 1 aliphatic heterocycles. The number of aromatic amines is 1. The van der Waals surface area contributed by atoms with Crippen molar-refractivity contribution in [2.75, 3.05) is 13.1 Å². The second-order valence-electron chi connectivity index (χ2n) is 5.17. The molecule has 0 saturated carbocycles. The summed E-state index contributed by atoms with van der Waals surface area (Å²) in [6.45, 7) is 5.15. The van der Waals surface area contributed by atoms with E-state index in [9.17, 15) is 4.79 Å². The standard InChI is InChI=1S/C13H17N5O2/c1-8-3-12(17-20-8)11-6-18(7-11)13(19)16-9(2)10-4-14-15-5-10/h3-5,9,11H,6-7H2,1-2H3,(H,14,15)(H,16,19). The molecule has 0 spiro atoms. The van der Waals surface area contributed by atoms with Gasteiger partial charge in [0.15, 0.2) is 0 Å². The van der Waals surface area contributed by atoms with Crippen LogP contribution in [0.25, 0.3) is 0 Å². The van der Waals surface area contributed by atoms with E-state index in [0.717, 1.165) is 17.0 Å². The molecule has 1 unspecified atom stereocenters. The largest absolute Gasteiger partial charge is 0.361 e. The van der Waals surface area contributed by atoms with Crippen LogP contribution in [0.15, 0.2) is 23.0 Å². The van der Waals surface area contributed by atoms with E-state index in [1.54, 1.807) is 17.3 Å². The topological polar surface area (TPSA) is 87.0 Å². The van der Waals surface area contributed by atoms with Crippen molar-refractivity contribution in [2.45, 2.75) is 25.8 Å². The fraction of sp³-hybridized carbons (Fsp3) is 0.462. The number of urea groups is 1. The maximum atomic E-state index is 12.1. The molecule has 1 atom stereocenters. The van der Waals surface area contributed by atoms with E-state index < -0.39 is 0 Å². The van der Waals surface area contributed by atoms with Gasteiger partial charge < -0.3 is 14.7 Å². The Hall–Kier alpha value is -2.31. The van der Waals surface area contributed by atoms with Crippen LogP contribution in [0.1, 0.15) is 35.9 Å². The van der Waals surface area contributed by atoms with Crippen LogP contribution in [0.3, 0.4) is 0 Å². The molecule has 0 bridgehead atoms. The summed E-state index contributed by atoms with van der Waals surface area (Å²) in [6.07, 6.45) is 3.49. The number of H-pyrrole nitrogens is 1. The van der Waals surface area contributed by atoms with Gasteiger partial charge in [-0.2, -0.15) is 5.10 Å². The van der Waals surface area contributed by atoms with Crippen LogP contribution >= 0.6 is 0 Å². The Labute approximate surface area is 116 Å². The molecule has 3 heterocycles. The molecule has 0 aliphatic carbocycles. The molecule has 1 saturated heterocycles. The van der Waals surface area contributed by atoms with Crippen molar-refractivity contribution in [3.63, 3.8) is 0 Å². The molecule has 0 aromatic carbocycles. The fourth-order valence-corrected chi connectivity index (χ4v) is 2.27. The van der Waals surface area contributed by atoms with Gasteiger partial charge in [-0.1, -0.05) is 5.16 Å². The Kier molecular flexibility index (Phi) is 3.17. The quantitative estimate of drug-likeness (QED) is 0.890. The summed E-state index contributed by atoms with van der Waals surface area (Å²) in [4.78, 5) is 13.8. The molecule has 2 aromatic heterocycles. The van der Waals surface area contributed by atoms with Crippen LogP contribution in [0, 0.1) is 6.92 Å². The molecule has 1 fully saturated rings. The van der Waals surface area contributed by atoms with Crippen LogP contribution in [-0.4, -0.2) is 39.4 Å². The van der Waals surface area contributed by atoms with Crippen molar-refractivity contribution in [2.24, 2.45) is 0 Å². The third-order valence-corrected chi connectivity index (χ3v) is 3.59. The first-order chi connectivity index (χ1) is 9.63. The zero-order chi connectivity index (χ0) is 14.1. The minimum absolute atomic E-state index is 0.0600. The number of aromatic nitrogens is 3. The third kappa shape index (κ3) is 2.38. The number of carbonyl (C=O) groups is 1. The average molecular weight is 275 g/mol. The molecule has 7 heteroatoms. The number of likely N-dealkylation sites (tertiary alicyclic amines) is 1. The summed E-state index contributed by atoms with van der Waals surface area (Å²) >= 11 is 0. The predicted molar refractivity (Wildman–Crippen MR) is 71.1 cm³/mol. The maximum absolute atomic E-state index is 12.1. The lowest BCUT2D eigenvalue weighted by Gasteiger charge is -2.38. The highest BCUT2D eigenvalue weighted by atomic mass is 16.5. The van der Waals surface area contributed by atoms with Crippen LogP contribution in [0.5, 0.6) is 0 Å². The highest BCUT2D eigenvalue weighted by Gasteiger charge is 2.34. The van der Waals surface area contributed by atoms with Gasteiger partial charge in [0.1, 0.15) is 5.76 Å². The average Bonchev–Trinajstić information content (AvgIpc) is 2.98. The van der Waals surface area contributed by atoms with Gasteiger partial charge in [-0.15, -0.1) is 0 Å². The summed E-state index contributed by atoms with van der Waals surface area (Å²) in [5.74, 6) is 1.08. The fourth-order valence-electron chi connectivity index (χ4n) is 2.27. The van der Waals surface area contributed by atoms with Gasteiger partial charge in [0, 0.05) is 36.8 Å². The van der Waals surface area contributed by atoms with Crippen molar-refractivity contribution in [3.8, 4) is 0 Å². The van der Waals surface area contributed by atoms with Gasteiger partial charge in [0.2, 0.25) is 0 Å². The second kappa shape index (κ2) is 4.99. The molecule has 2 amide bonds. The molecule has 2 aromatic rings. The molecular weight excluding hydrogens is 258 g/mol. The lowest BCUT2D eigenvalue weighted by atomic mass is 9.96. The Balaban J connectivity index is 1.51. The summed E-state index contributed by atoms with van der Waals surface area (Å²) in [7, 11) is 0. The molecule has 20 heavy (non-hydrogen) atoms. The minimum Gasteiger partial charge on any atom is -0.361 e. The van der Waals surface area contributed by atoms with E-state index in [0.29, 0.717) is 13.1 Å². The van der Waals surface area contributed by atoms with E-state index >= 15 is 0 Å². The monoisotopic (exact) mass is 275 g/mol. The van der Waals surface area contributed by atoms with Gasteiger partial charge in [-0.3, -0.25) is 5.10 Å². The molecule has 2 N–H and O–H groups in total. The number of aryl methyl sites for hydroxylation is 1. The van der Waals surface area contributed by atoms with Crippen LogP contribution < -0.4 is 5.32 Å². The number of hydrogen-bond donors (Lipinski definition) is 2. The van der Waals surface area contributed by atoms with Gasteiger partial charge in [-0.05, 0) is 13.8 Å². The Morgan fingerprint density at radius 1 is 1.60 bits per heavy atom. The Morgan fingerprint density at radius 2 is 2.40 bits per heavy atom. The van der Waals surface area contributed by atoms with Crippen molar-refractivity contribution >= 4 is 6.03 Å². The summed E-state index contributed by atoms with van der Waals surface area (Å²) in [6, 6.07) is 1.80. The van der Waals surface area contributed by atoms with Gasteiger partial charge in [0.05, 0.1) is 17.9 Å². The van der Waals surface area contributed by atoms with E-state index in [4.69, 9.17) is 4.52 Å². The lowest BCUT2D eigenvalue weighted by Crippen LogP contribution is -2.52. The summed E-state index contributed by atoms with van der Waals surface area (Å²) in [5, 5.41) is 13.5. The minimum atomic E-state index is -0.0606. The highest BCUT2D eigenvalue weighted by Crippen LogP contribution is 2.26. The molecule has 1 aliphatic rings. The number of nitrogens with one attached hydrogen (secondary N) is 2. The van der Waals surface area contributed by atoms with E-state index in [1.807, 2.05) is 19.9 Å². The van der Waals surface area contributed by atoms with Crippen molar-refractivity contribution in [1.82, 2.24) is 25.6 Å². The van der Waals surface area contributed by atoms with E-state index in [-0.39, 0.29) is 18.0 Å². The number of rotatable bonds is 3. The number of carbonyl (C=O) groups excluding carboxylic acids is 1. The number of amides is 2. The zero-order valence-corrected chi connectivity index (χ0v) is 11.5. The molecule has 106 valence electrons. The number of hydrogen-bond acceptors (Lipinski definition) is 4. The lowest BCUT2D eigenvalue weighted by molar-refractivity contribution is 0.146. The van der Waals surface area contributed by atoms with Crippen molar-refractivity contribution < 1.29 is 9.32 Å². The smallest absolute Gasteiger partial charge is 0.317 e. The zero-order valence-electron chi connectivity index (χ0n) is 11.5. The van der Waals surface area contributed by atoms with Gasteiger partial charge in [0.25, 0.3) is 0 Å². The van der Waals surface area contributed by atoms with E-state index in [2.05, 4.69) is 20.7 Å². The highest BCUT2D eigenvalue weighted by molar-refractivity contribution is 5.75. The van der Waals surface area contributed by atoms with Crippen LogP contribution in [0.4, 0.5) is 4.79 Å². The number of nitrogens with zero attached hydrogens (tertiary/aromatic N) is 3. The van der Waals surface area contributed by atoms with Crippen LogP contribution in [0.2, 0.25) is 0 Å². The molecule has 0 radical (unpaired) electrons. The first kappa shape index (κ1) is 12.7. The first-order valence-corrected chi connectivity index (χ1v) is 6.61. The normalized spacial score (nSPS) is 16.8. The Morgan fingerprint density at radius 3 is 3.00 bits per heavy atom. The van der Waals surface area contributed by atoms with Gasteiger partial charge in [-0.25, -0.2) is 4.79 Å².